The molecule has 1 aliphatic heterocycles. The smallest absolute Gasteiger partial charge is 0.140 e. The highest BCUT2D eigenvalue weighted by molar-refractivity contribution is 5.34. The number of likely N-dealkylation sites (tertiary alicyclic amines) is 1. The van der Waals surface area contributed by atoms with Crippen LogP contribution < -0.4 is 0 Å². The summed E-state index contributed by atoms with van der Waals surface area (Å²) in [6.45, 7) is 3.11. The number of halogens is 1. The van der Waals surface area contributed by atoms with Crippen molar-refractivity contribution in [3.63, 3.8) is 0 Å². The second-order valence-electron chi connectivity index (χ2n) is 6.41. The number of nitrogens with zero attached hydrogens (tertiary/aromatic N) is 2. The number of benzene rings is 1. The van der Waals surface area contributed by atoms with Gasteiger partial charge in [0.1, 0.15) is 11.9 Å². The van der Waals surface area contributed by atoms with E-state index in [1.165, 1.54) is 44.6 Å². The van der Waals surface area contributed by atoms with E-state index in [1.54, 1.807) is 12.1 Å². The van der Waals surface area contributed by atoms with E-state index in [0.29, 0.717) is 5.41 Å². The lowest BCUT2D eigenvalue weighted by Gasteiger charge is -2.39. The molecule has 1 saturated carbocycles. The average molecular weight is 272 g/mol. The SMILES string of the molecule is N#Cc1cc(CN2CCC3(CCCC3)CC2)ccc1F. The fourth-order valence-electron chi connectivity index (χ4n) is 3.83. The first-order chi connectivity index (χ1) is 9.71. The number of hydrogen-bond acceptors (Lipinski definition) is 2. The maximum absolute atomic E-state index is 13.3. The van der Waals surface area contributed by atoms with Crippen LogP contribution in [0.4, 0.5) is 4.39 Å². The Kier molecular flexibility index (Phi) is 3.76. The lowest BCUT2D eigenvalue weighted by atomic mass is 9.77. The molecule has 0 amide bonds. The van der Waals surface area contributed by atoms with Gasteiger partial charge in [-0.3, -0.25) is 4.90 Å². The third-order valence-electron chi connectivity index (χ3n) is 5.14. The predicted octanol–water partition coefficient (Wildman–Crippen LogP) is 3.85. The lowest BCUT2D eigenvalue weighted by Crippen LogP contribution is -2.38. The Bertz CT molecular complexity index is 516. The van der Waals surface area contributed by atoms with Crippen molar-refractivity contribution in [1.82, 2.24) is 4.90 Å². The van der Waals surface area contributed by atoms with Gasteiger partial charge in [-0.1, -0.05) is 18.9 Å². The Hall–Kier alpha value is -1.40. The van der Waals surface area contributed by atoms with Crippen LogP contribution in [0.1, 0.15) is 49.7 Å². The molecule has 0 N–H and O–H groups in total. The summed E-state index contributed by atoms with van der Waals surface area (Å²) in [5, 5.41) is 8.88. The molecule has 106 valence electrons. The molecule has 1 aromatic rings. The van der Waals surface area contributed by atoms with Crippen LogP contribution in [-0.4, -0.2) is 18.0 Å². The van der Waals surface area contributed by atoms with Gasteiger partial charge in [0, 0.05) is 6.54 Å². The van der Waals surface area contributed by atoms with E-state index in [9.17, 15) is 4.39 Å². The minimum Gasteiger partial charge on any atom is -0.299 e. The molecule has 20 heavy (non-hydrogen) atoms. The minimum atomic E-state index is -0.417. The van der Waals surface area contributed by atoms with Gasteiger partial charge in [-0.15, -0.1) is 0 Å². The summed E-state index contributed by atoms with van der Waals surface area (Å²) < 4.78 is 13.3. The Balaban J connectivity index is 1.61. The van der Waals surface area contributed by atoms with E-state index in [2.05, 4.69) is 4.90 Å². The van der Waals surface area contributed by atoms with Gasteiger partial charge in [-0.2, -0.15) is 5.26 Å². The van der Waals surface area contributed by atoms with Crippen LogP contribution in [0.2, 0.25) is 0 Å². The van der Waals surface area contributed by atoms with Gasteiger partial charge in [-0.05, 0) is 61.9 Å². The fraction of sp³-hybridized carbons (Fsp3) is 0.588. The van der Waals surface area contributed by atoms with Crippen molar-refractivity contribution in [1.29, 1.82) is 5.26 Å². The molecule has 2 nitrogen and oxygen atoms in total. The second-order valence-corrected chi connectivity index (χ2v) is 6.41. The van der Waals surface area contributed by atoms with E-state index in [-0.39, 0.29) is 5.56 Å². The Labute approximate surface area is 120 Å². The highest BCUT2D eigenvalue weighted by atomic mass is 19.1. The molecular formula is C17H21FN2. The zero-order chi connectivity index (χ0) is 14.0. The van der Waals surface area contributed by atoms with Gasteiger partial charge >= 0.3 is 0 Å². The van der Waals surface area contributed by atoms with Crippen LogP contribution in [0, 0.1) is 22.6 Å². The molecule has 1 saturated heterocycles. The molecule has 0 unspecified atom stereocenters. The lowest BCUT2D eigenvalue weighted by molar-refractivity contribution is 0.103. The zero-order valence-corrected chi connectivity index (χ0v) is 11.9. The van der Waals surface area contributed by atoms with Crippen molar-refractivity contribution in [3.05, 3.63) is 35.1 Å². The molecular weight excluding hydrogens is 251 g/mol. The van der Waals surface area contributed by atoms with E-state index >= 15 is 0 Å². The van der Waals surface area contributed by atoms with Crippen LogP contribution in [0.15, 0.2) is 18.2 Å². The maximum Gasteiger partial charge on any atom is 0.140 e. The molecule has 3 rings (SSSR count). The van der Waals surface area contributed by atoms with Gasteiger partial charge in [0.05, 0.1) is 5.56 Å². The molecule has 2 aliphatic rings. The maximum atomic E-state index is 13.3. The van der Waals surface area contributed by atoms with Crippen LogP contribution in [-0.2, 0) is 6.54 Å². The van der Waals surface area contributed by atoms with Gasteiger partial charge in [0.15, 0.2) is 0 Å². The zero-order valence-electron chi connectivity index (χ0n) is 11.9. The topological polar surface area (TPSA) is 27.0 Å². The molecule has 1 spiro atoms. The van der Waals surface area contributed by atoms with E-state index in [4.69, 9.17) is 5.26 Å². The van der Waals surface area contributed by atoms with E-state index < -0.39 is 5.82 Å². The quantitative estimate of drug-likeness (QED) is 0.817. The minimum absolute atomic E-state index is 0.159. The largest absolute Gasteiger partial charge is 0.299 e. The molecule has 1 heterocycles. The van der Waals surface area contributed by atoms with Crippen LogP contribution in [0.3, 0.4) is 0 Å². The number of piperidine rings is 1. The van der Waals surface area contributed by atoms with Gasteiger partial charge in [0.2, 0.25) is 0 Å². The molecule has 0 aromatic heterocycles. The standard InChI is InChI=1S/C17H21FN2/c18-16-4-3-14(11-15(16)12-19)13-20-9-7-17(8-10-20)5-1-2-6-17/h3-4,11H,1-2,5-10,13H2. The summed E-state index contributed by atoms with van der Waals surface area (Å²) in [5.74, 6) is -0.417. The van der Waals surface area contributed by atoms with Crippen molar-refractivity contribution < 1.29 is 4.39 Å². The predicted molar refractivity (Wildman–Crippen MR) is 76.5 cm³/mol. The highest BCUT2D eigenvalue weighted by Crippen LogP contribution is 2.46. The summed E-state index contributed by atoms with van der Waals surface area (Å²) in [5.41, 5.74) is 1.84. The first-order valence-corrected chi connectivity index (χ1v) is 7.62. The first kappa shape index (κ1) is 13.6. The van der Waals surface area contributed by atoms with E-state index in [1.807, 2.05) is 6.07 Å². The average Bonchev–Trinajstić information content (AvgIpc) is 2.92. The van der Waals surface area contributed by atoms with Crippen molar-refractivity contribution in [2.75, 3.05) is 13.1 Å². The molecule has 0 radical (unpaired) electrons. The molecule has 2 fully saturated rings. The molecule has 0 bridgehead atoms. The summed E-state index contributed by atoms with van der Waals surface area (Å²) in [6, 6.07) is 6.82. The Morgan fingerprint density at radius 1 is 1.15 bits per heavy atom. The fourth-order valence-corrected chi connectivity index (χ4v) is 3.83. The first-order valence-electron chi connectivity index (χ1n) is 7.62. The second kappa shape index (κ2) is 5.54. The molecule has 0 atom stereocenters. The Morgan fingerprint density at radius 3 is 2.50 bits per heavy atom. The summed E-state index contributed by atoms with van der Waals surface area (Å²) in [4.78, 5) is 2.44. The third-order valence-corrected chi connectivity index (χ3v) is 5.14. The normalized spacial score (nSPS) is 22.0. The van der Waals surface area contributed by atoms with Crippen LogP contribution >= 0.6 is 0 Å². The highest BCUT2D eigenvalue weighted by Gasteiger charge is 2.36. The van der Waals surface area contributed by atoms with Crippen LogP contribution in [0.5, 0.6) is 0 Å². The summed E-state index contributed by atoms with van der Waals surface area (Å²) in [7, 11) is 0. The summed E-state index contributed by atoms with van der Waals surface area (Å²) >= 11 is 0. The molecule has 1 aromatic carbocycles. The monoisotopic (exact) mass is 272 g/mol. The number of nitriles is 1. The summed E-state index contributed by atoms with van der Waals surface area (Å²) in [6.07, 6.45) is 8.25. The van der Waals surface area contributed by atoms with Crippen molar-refractivity contribution in [2.24, 2.45) is 5.41 Å². The van der Waals surface area contributed by atoms with Gasteiger partial charge < -0.3 is 0 Å². The third kappa shape index (κ3) is 2.71. The number of rotatable bonds is 2. The van der Waals surface area contributed by atoms with Crippen molar-refractivity contribution in [2.45, 2.75) is 45.1 Å². The van der Waals surface area contributed by atoms with Gasteiger partial charge in [-0.25, -0.2) is 4.39 Å². The number of hydrogen-bond donors (Lipinski definition) is 0. The van der Waals surface area contributed by atoms with E-state index in [0.717, 1.165) is 25.2 Å². The molecule has 3 heteroatoms. The van der Waals surface area contributed by atoms with Gasteiger partial charge in [0.25, 0.3) is 0 Å². The van der Waals surface area contributed by atoms with Crippen molar-refractivity contribution >= 4 is 0 Å². The molecule has 1 aliphatic carbocycles. The van der Waals surface area contributed by atoms with Crippen molar-refractivity contribution in [3.8, 4) is 6.07 Å². The Morgan fingerprint density at radius 2 is 1.85 bits per heavy atom. The van der Waals surface area contributed by atoms with Crippen LogP contribution in [0.25, 0.3) is 0 Å².